The highest BCUT2D eigenvalue weighted by molar-refractivity contribution is 5.82. The molecular weight excluding hydrogens is 168 g/mol. The molecule has 0 atom stereocenters. The summed E-state index contributed by atoms with van der Waals surface area (Å²) in [4.78, 5) is 21.4. The van der Waals surface area contributed by atoms with Crippen LogP contribution in [0.2, 0.25) is 0 Å². The third-order valence-corrected chi connectivity index (χ3v) is 2.29. The molecule has 0 aliphatic carbocycles. The molecule has 0 saturated carbocycles. The lowest BCUT2D eigenvalue weighted by atomic mass is 9.95. The Morgan fingerprint density at radius 1 is 1.15 bits per heavy atom. The Bertz CT molecular complexity index is 171. The van der Waals surface area contributed by atoms with Crippen molar-refractivity contribution < 1.29 is 14.7 Å². The minimum atomic E-state index is -0.891. The number of hydrogen-bond acceptors (Lipinski definition) is 2. The van der Waals surface area contributed by atoms with Crippen LogP contribution >= 0.6 is 0 Å². The summed E-state index contributed by atoms with van der Waals surface area (Å²) in [5, 5.41) is 8.36. The number of carbonyl (C=O) groups excluding carboxylic acids is 1. The highest BCUT2D eigenvalue weighted by Crippen LogP contribution is 2.14. The van der Waals surface area contributed by atoms with Gasteiger partial charge in [0.25, 0.3) is 0 Å². The van der Waals surface area contributed by atoms with Crippen LogP contribution < -0.4 is 0 Å². The van der Waals surface area contributed by atoms with E-state index in [1.54, 1.807) is 0 Å². The highest BCUT2D eigenvalue weighted by atomic mass is 16.4. The minimum Gasteiger partial charge on any atom is -0.481 e. The van der Waals surface area contributed by atoms with E-state index in [0.717, 1.165) is 12.8 Å². The van der Waals surface area contributed by atoms with Crippen molar-refractivity contribution in [2.24, 2.45) is 5.92 Å². The van der Waals surface area contributed by atoms with Crippen LogP contribution in [0.4, 0.5) is 0 Å². The molecule has 0 radical (unpaired) electrons. The topological polar surface area (TPSA) is 54.4 Å². The molecule has 0 aliphatic rings. The molecule has 0 aliphatic heterocycles. The van der Waals surface area contributed by atoms with Gasteiger partial charge in [-0.2, -0.15) is 0 Å². The van der Waals surface area contributed by atoms with Crippen molar-refractivity contribution in [1.82, 2.24) is 0 Å². The van der Waals surface area contributed by atoms with Crippen LogP contribution in [0, 0.1) is 5.92 Å². The number of carboxylic acid groups (broad SMARTS) is 1. The lowest BCUT2D eigenvalue weighted by molar-refractivity contribution is -0.138. The number of rotatable bonds is 7. The van der Waals surface area contributed by atoms with Crippen molar-refractivity contribution in [2.45, 2.75) is 46.0 Å². The van der Waals surface area contributed by atoms with E-state index in [2.05, 4.69) is 13.8 Å². The first-order chi connectivity index (χ1) is 6.10. The molecule has 0 heterocycles. The Morgan fingerprint density at radius 2 is 1.69 bits per heavy atom. The van der Waals surface area contributed by atoms with E-state index in [1.165, 1.54) is 0 Å². The Labute approximate surface area is 79.1 Å². The normalized spacial score (nSPS) is 10.4. The molecule has 0 aromatic carbocycles. The maximum atomic E-state index is 11.2. The zero-order chi connectivity index (χ0) is 10.3. The van der Waals surface area contributed by atoms with Crippen molar-refractivity contribution >= 4 is 11.8 Å². The van der Waals surface area contributed by atoms with Crippen LogP contribution in [0.3, 0.4) is 0 Å². The molecule has 0 saturated heterocycles. The Kier molecular flexibility index (Phi) is 6.20. The summed E-state index contributed by atoms with van der Waals surface area (Å²) in [5.74, 6) is -0.379. The van der Waals surface area contributed by atoms with Crippen LogP contribution in [0.25, 0.3) is 0 Å². The van der Waals surface area contributed by atoms with E-state index in [9.17, 15) is 9.59 Å². The fourth-order valence-electron chi connectivity index (χ4n) is 1.25. The van der Waals surface area contributed by atoms with Crippen molar-refractivity contribution in [3.63, 3.8) is 0 Å². The Hall–Kier alpha value is -0.860. The smallest absolute Gasteiger partial charge is 0.303 e. The Balaban J connectivity index is 3.66. The summed E-state index contributed by atoms with van der Waals surface area (Å²) in [6, 6.07) is 0. The molecule has 0 fully saturated rings. The first-order valence-electron chi connectivity index (χ1n) is 4.83. The minimum absolute atomic E-state index is 0.0288. The monoisotopic (exact) mass is 186 g/mol. The molecule has 3 heteroatoms. The third kappa shape index (κ3) is 6.31. The summed E-state index contributed by atoms with van der Waals surface area (Å²) in [6.07, 6.45) is 2.69. The van der Waals surface area contributed by atoms with E-state index in [0.29, 0.717) is 12.3 Å². The second kappa shape index (κ2) is 6.63. The molecular formula is C10H18O3. The molecule has 0 spiro atoms. The third-order valence-electron chi connectivity index (χ3n) is 2.29. The van der Waals surface area contributed by atoms with E-state index < -0.39 is 5.97 Å². The van der Waals surface area contributed by atoms with Gasteiger partial charge in [0.2, 0.25) is 0 Å². The van der Waals surface area contributed by atoms with E-state index in [4.69, 9.17) is 5.11 Å². The van der Waals surface area contributed by atoms with E-state index >= 15 is 0 Å². The molecule has 0 bridgehead atoms. The standard InChI is InChI=1S/C10H18O3/c1-3-8(4-2)7-9(11)5-6-10(12)13/h8H,3-7H2,1-2H3,(H,12,13). The van der Waals surface area contributed by atoms with Gasteiger partial charge in [-0.1, -0.05) is 26.7 Å². The Morgan fingerprint density at radius 3 is 2.08 bits per heavy atom. The molecule has 13 heavy (non-hydrogen) atoms. The molecule has 1 N–H and O–H groups in total. The van der Waals surface area contributed by atoms with E-state index in [-0.39, 0.29) is 18.6 Å². The van der Waals surface area contributed by atoms with Crippen molar-refractivity contribution in [2.75, 3.05) is 0 Å². The number of hydrogen-bond donors (Lipinski definition) is 1. The van der Waals surface area contributed by atoms with Crippen molar-refractivity contribution in [3.8, 4) is 0 Å². The van der Waals surface area contributed by atoms with Gasteiger partial charge in [-0.25, -0.2) is 0 Å². The van der Waals surface area contributed by atoms with Gasteiger partial charge in [-0.3, -0.25) is 9.59 Å². The summed E-state index contributed by atoms with van der Waals surface area (Å²) in [6.45, 7) is 4.11. The maximum Gasteiger partial charge on any atom is 0.303 e. The molecule has 3 nitrogen and oxygen atoms in total. The van der Waals surface area contributed by atoms with Crippen molar-refractivity contribution in [1.29, 1.82) is 0 Å². The number of aliphatic carboxylic acids is 1. The number of Topliss-reactive ketones (excluding diaryl/α,β-unsaturated/α-hetero) is 1. The fraction of sp³-hybridized carbons (Fsp3) is 0.800. The first-order valence-corrected chi connectivity index (χ1v) is 4.83. The summed E-state index contributed by atoms with van der Waals surface area (Å²) in [5.41, 5.74) is 0. The summed E-state index contributed by atoms with van der Waals surface area (Å²) >= 11 is 0. The van der Waals surface area contributed by atoms with Gasteiger partial charge in [0.05, 0.1) is 6.42 Å². The highest BCUT2D eigenvalue weighted by Gasteiger charge is 2.11. The summed E-state index contributed by atoms with van der Waals surface area (Å²) < 4.78 is 0. The van der Waals surface area contributed by atoms with Crippen molar-refractivity contribution in [3.05, 3.63) is 0 Å². The average molecular weight is 186 g/mol. The van der Waals surface area contributed by atoms with Gasteiger partial charge < -0.3 is 5.11 Å². The van der Waals surface area contributed by atoms with Crippen LogP contribution in [0.5, 0.6) is 0 Å². The molecule has 76 valence electrons. The van der Waals surface area contributed by atoms with Crippen LogP contribution in [-0.4, -0.2) is 16.9 Å². The van der Waals surface area contributed by atoms with Crippen LogP contribution in [0.15, 0.2) is 0 Å². The van der Waals surface area contributed by atoms with Crippen LogP contribution in [-0.2, 0) is 9.59 Å². The molecule has 0 unspecified atom stereocenters. The second-order valence-corrected chi connectivity index (χ2v) is 3.32. The summed E-state index contributed by atoms with van der Waals surface area (Å²) in [7, 11) is 0. The predicted molar refractivity (Wildman–Crippen MR) is 50.6 cm³/mol. The molecule has 0 amide bonds. The molecule has 0 aromatic heterocycles. The quantitative estimate of drug-likeness (QED) is 0.663. The number of carbonyl (C=O) groups is 2. The first kappa shape index (κ1) is 12.1. The zero-order valence-electron chi connectivity index (χ0n) is 8.38. The maximum absolute atomic E-state index is 11.2. The van der Waals surface area contributed by atoms with Gasteiger partial charge in [0, 0.05) is 12.8 Å². The predicted octanol–water partition coefficient (Wildman–Crippen LogP) is 2.25. The largest absolute Gasteiger partial charge is 0.481 e. The SMILES string of the molecule is CCC(CC)CC(=O)CCC(=O)O. The van der Waals surface area contributed by atoms with Gasteiger partial charge in [-0.05, 0) is 5.92 Å². The fourth-order valence-corrected chi connectivity index (χ4v) is 1.25. The second-order valence-electron chi connectivity index (χ2n) is 3.32. The molecule has 0 aromatic rings. The zero-order valence-corrected chi connectivity index (χ0v) is 8.38. The van der Waals surface area contributed by atoms with E-state index in [1.807, 2.05) is 0 Å². The molecule has 0 rings (SSSR count). The van der Waals surface area contributed by atoms with Gasteiger partial charge in [0.1, 0.15) is 5.78 Å². The lowest BCUT2D eigenvalue weighted by Gasteiger charge is -2.09. The van der Waals surface area contributed by atoms with Gasteiger partial charge >= 0.3 is 5.97 Å². The average Bonchev–Trinajstić information content (AvgIpc) is 2.10. The lowest BCUT2D eigenvalue weighted by Crippen LogP contribution is -2.08. The van der Waals surface area contributed by atoms with Gasteiger partial charge in [0.15, 0.2) is 0 Å². The number of carboxylic acids is 1. The van der Waals surface area contributed by atoms with Gasteiger partial charge in [-0.15, -0.1) is 0 Å². The van der Waals surface area contributed by atoms with Crippen LogP contribution in [0.1, 0.15) is 46.0 Å². The number of ketones is 1.